The molecule has 0 aliphatic carbocycles. The number of guanidine groups is 1. The first-order valence-electron chi connectivity index (χ1n) is 16.1. The molecule has 2 aromatic carbocycles. The van der Waals surface area contributed by atoms with Gasteiger partial charge in [0.25, 0.3) is 0 Å². The molecule has 52 heavy (non-hydrogen) atoms. The summed E-state index contributed by atoms with van der Waals surface area (Å²) in [4.78, 5) is 69.5. The van der Waals surface area contributed by atoms with Crippen molar-refractivity contribution in [2.24, 2.45) is 27.9 Å². The number of phenols is 2. The first-order valence-corrected chi connectivity index (χ1v) is 16.1. The van der Waals surface area contributed by atoms with Gasteiger partial charge < -0.3 is 74.8 Å². The average molecular weight is 732 g/mol. The Morgan fingerprint density at radius 2 is 1.62 bits per heavy atom. The fourth-order valence-electron chi connectivity index (χ4n) is 5.32. The van der Waals surface area contributed by atoms with E-state index in [0.29, 0.717) is 11.1 Å². The summed E-state index contributed by atoms with van der Waals surface area (Å²) in [5.41, 5.74) is 23.2. The number of amides is 4. The molecule has 0 unspecified atom stereocenters. The van der Waals surface area contributed by atoms with Crippen molar-refractivity contribution >= 4 is 35.6 Å². The van der Waals surface area contributed by atoms with Crippen molar-refractivity contribution in [2.75, 3.05) is 19.7 Å². The van der Waals surface area contributed by atoms with E-state index in [9.17, 15) is 54.6 Å². The summed E-state index contributed by atoms with van der Waals surface area (Å²) in [7, 11) is 0. The molecule has 0 saturated heterocycles. The molecule has 0 saturated carbocycles. The van der Waals surface area contributed by atoms with Gasteiger partial charge in [-0.05, 0) is 53.8 Å². The number of aromatic hydroxyl groups is 2. The lowest BCUT2D eigenvalue weighted by molar-refractivity contribution is -0.143. The third kappa shape index (κ3) is 11.0. The number of benzene rings is 2. The summed E-state index contributed by atoms with van der Waals surface area (Å²) in [6.45, 7) is -1.34. The van der Waals surface area contributed by atoms with Gasteiger partial charge in [-0.3, -0.25) is 24.2 Å². The summed E-state index contributed by atoms with van der Waals surface area (Å²) in [6.07, 6.45) is -4.18. The smallest absolute Gasteiger partial charge is 0.328 e. The van der Waals surface area contributed by atoms with E-state index in [1.54, 1.807) is 0 Å². The molecule has 1 heterocycles. The Morgan fingerprint density at radius 3 is 2.23 bits per heavy atom. The largest absolute Gasteiger partial charge is 0.508 e. The lowest BCUT2D eigenvalue weighted by atomic mass is 9.94. The Balaban J connectivity index is 2.13. The van der Waals surface area contributed by atoms with Crippen molar-refractivity contribution in [3.05, 3.63) is 47.5 Å². The molecule has 3 rings (SSSR count). The van der Waals surface area contributed by atoms with E-state index in [0.717, 1.165) is 0 Å². The van der Waals surface area contributed by atoms with Crippen molar-refractivity contribution in [3.63, 3.8) is 0 Å². The molecular weight excluding hydrogens is 686 g/mol. The van der Waals surface area contributed by atoms with Crippen LogP contribution in [0.5, 0.6) is 11.5 Å². The van der Waals surface area contributed by atoms with Gasteiger partial charge in [-0.2, -0.15) is 0 Å². The number of aliphatic hydroxyl groups excluding tert-OH is 3. The zero-order valence-electron chi connectivity index (χ0n) is 27.9. The number of rotatable bonds is 13. The van der Waals surface area contributed by atoms with Crippen LogP contribution in [0, 0.1) is 0 Å². The Hall–Kier alpha value is -5.54. The molecule has 0 spiro atoms. The van der Waals surface area contributed by atoms with Gasteiger partial charge in [0.05, 0.1) is 18.8 Å². The van der Waals surface area contributed by atoms with E-state index in [1.165, 1.54) is 36.4 Å². The number of hydrogen-bond acceptors (Lipinski definition) is 13. The third-order valence-corrected chi connectivity index (χ3v) is 8.22. The van der Waals surface area contributed by atoms with Crippen LogP contribution < -0.4 is 44.2 Å². The van der Waals surface area contributed by atoms with Crippen LogP contribution in [0.4, 0.5) is 0 Å². The second-order valence-electron chi connectivity index (χ2n) is 12.1. The number of hydrogen-bond donors (Lipinski definition) is 14. The highest BCUT2D eigenvalue weighted by molar-refractivity contribution is 5.96. The van der Waals surface area contributed by atoms with Crippen LogP contribution in [0.15, 0.2) is 41.4 Å². The first-order chi connectivity index (χ1) is 24.6. The molecule has 20 nitrogen and oxygen atoms in total. The number of aliphatic hydroxyl groups is 3. The van der Waals surface area contributed by atoms with E-state index in [1.807, 2.05) is 0 Å². The standard InChI is InChI=1S/C32H45N9O11/c33-12-17(43)11-21-29(49)41-25(30(50)38-20(2-1-7-37-32(35)36)28(48)40-22(13-42)31(51)52)26(46)18-9-15(4-6-24(18)45)14-3-5-23(44)16(8-14)10-19(34)27(47)39-21/h3-6,8-9,17,19-22,25-26,42-46H,1-2,7,10-13,33-34H2,(H,38,50)(H,39,47)(H,40,48)(H,41,49)(H,51,52)(H4,35,36,37)/t17-,19+,20+,21-,22+,25-,26+/m1/s1. The van der Waals surface area contributed by atoms with Gasteiger partial charge in [0, 0.05) is 31.5 Å². The molecule has 18 N–H and O–H groups in total. The summed E-state index contributed by atoms with van der Waals surface area (Å²) >= 11 is 0. The first kappa shape index (κ1) is 40.9. The third-order valence-electron chi connectivity index (χ3n) is 8.22. The quantitative estimate of drug-likeness (QED) is 0.0524. The maximum absolute atomic E-state index is 14.0. The summed E-state index contributed by atoms with van der Waals surface area (Å²) in [6, 6.07) is 0.179. The van der Waals surface area contributed by atoms with Gasteiger partial charge in [-0.15, -0.1) is 0 Å². The molecule has 0 radical (unpaired) electrons. The van der Waals surface area contributed by atoms with Crippen molar-refractivity contribution in [1.82, 2.24) is 21.3 Å². The van der Waals surface area contributed by atoms with Gasteiger partial charge >= 0.3 is 5.97 Å². The second kappa shape index (κ2) is 18.6. The van der Waals surface area contributed by atoms with Crippen LogP contribution in [-0.2, 0) is 30.4 Å². The molecule has 7 atom stereocenters. The molecule has 4 amide bonds. The predicted molar refractivity (Wildman–Crippen MR) is 184 cm³/mol. The minimum absolute atomic E-state index is 0.0141. The van der Waals surface area contributed by atoms with Crippen LogP contribution in [0.1, 0.15) is 36.5 Å². The normalized spacial score (nSPS) is 20.8. The number of fused-ring (bicyclic) bond motifs is 5. The van der Waals surface area contributed by atoms with Gasteiger partial charge in [0.2, 0.25) is 23.6 Å². The van der Waals surface area contributed by atoms with Gasteiger partial charge in [-0.1, -0.05) is 12.1 Å². The number of nitrogens with one attached hydrogen (secondary N) is 4. The Labute approximate surface area is 297 Å². The second-order valence-corrected chi connectivity index (χ2v) is 12.1. The number of nitrogens with zero attached hydrogens (tertiary/aromatic N) is 1. The van der Waals surface area contributed by atoms with Gasteiger partial charge in [-0.25, -0.2) is 4.79 Å². The van der Waals surface area contributed by atoms with Crippen LogP contribution in [0.2, 0.25) is 0 Å². The highest BCUT2D eigenvalue weighted by Crippen LogP contribution is 2.34. The van der Waals surface area contributed by atoms with Crippen molar-refractivity contribution in [3.8, 4) is 22.6 Å². The average Bonchev–Trinajstić information content (AvgIpc) is 3.10. The molecule has 0 fully saturated rings. The topological polar surface area (TPSA) is 371 Å². The molecular formula is C32H45N9O11. The minimum atomic E-state index is -2.04. The van der Waals surface area contributed by atoms with E-state index in [2.05, 4.69) is 26.3 Å². The van der Waals surface area contributed by atoms with Crippen molar-refractivity contribution < 1.29 is 54.6 Å². The number of nitrogens with two attached hydrogens (primary N) is 4. The number of carboxylic acids is 1. The molecule has 2 aromatic rings. The van der Waals surface area contributed by atoms with Gasteiger partial charge in [0.1, 0.15) is 41.8 Å². The molecule has 0 aromatic heterocycles. The lowest BCUT2D eigenvalue weighted by Gasteiger charge is -2.29. The monoisotopic (exact) mass is 731 g/mol. The van der Waals surface area contributed by atoms with Crippen molar-refractivity contribution in [1.29, 1.82) is 0 Å². The maximum atomic E-state index is 14.0. The summed E-state index contributed by atoms with van der Waals surface area (Å²) < 4.78 is 0. The number of aliphatic imine (C=N–C) groups is 1. The number of carbonyl (C=O) groups excluding carboxylic acids is 4. The number of carbonyl (C=O) groups is 5. The lowest BCUT2D eigenvalue weighted by Crippen LogP contribution is -2.60. The van der Waals surface area contributed by atoms with Crippen LogP contribution in [0.25, 0.3) is 11.1 Å². The molecule has 1 aliphatic heterocycles. The van der Waals surface area contributed by atoms with E-state index < -0.39 is 90.8 Å². The highest BCUT2D eigenvalue weighted by Gasteiger charge is 2.37. The molecule has 1 aliphatic rings. The zero-order chi connectivity index (χ0) is 38.7. The van der Waals surface area contributed by atoms with Gasteiger partial charge in [0.15, 0.2) is 5.96 Å². The van der Waals surface area contributed by atoms with E-state index >= 15 is 0 Å². The number of phenolic OH excluding ortho intramolecular Hbond substituents is 2. The Morgan fingerprint density at radius 1 is 0.962 bits per heavy atom. The summed E-state index contributed by atoms with van der Waals surface area (Å²) in [5.74, 6) is -6.78. The fraction of sp³-hybridized carbons (Fsp3) is 0.438. The molecule has 20 heteroatoms. The maximum Gasteiger partial charge on any atom is 0.328 e. The minimum Gasteiger partial charge on any atom is -0.508 e. The van der Waals surface area contributed by atoms with E-state index in [4.69, 9.17) is 22.9 Å². The molecule has 4 bridgehead atoms. The molecule has 284 valence electrons. The van der Waals surface area contributed by atoms with E-state index in [-0.39, 0.29) is 55.2 Å². The zero-order valence-corrected chi connectivity index (χ0v) is 27.9. The van der Waals surface area contributed by atoms with Crippen LogP contribution in [-0.4, -0.2) is 122 Å². The fourth-order valence-corrected chi connectivity index (χ4v) is 5.32. The SMILES string of the molecule is NC[C@H](O)C[C@H]1NC(=O)[C@@H](N)Cc2cc(ccc2O)-c2ccc(O)c(c2)[C@H](O)[C@H](C(=O)N[C@@H](CCCN=C(N)N)C(=O)N[C@@H](CO)C(=O)O)NC1=O. The van der Waals surface area contributed by atoms with Crippen LogP contribution in [0.3, 0.4) is 0 Å². The Bertz CT molecular complexity index is 1650. The predicted octanol–water partition coefficient (Wildman–Crippen LogP) is -4.54. The van der Waals surface area contributed by atoms with Crippen LogP contribution >= 0.6 is 0 Å². The van der Waals surface area contributed by atoms with Crippen molar-refractivity contribution in [2.45, 2.75) is 68.1 Å². The summed E-state index contributed by atoms with van der Waals surface area (Å²) in [5, 5.41) is 71.3. The Kier molecular flexibility index (Phi) is 14.6. The highest BCUT2D eigenvalue weighted by atomic mass is 16.4. The number of aliphatic carboxylic acids is 1. The number of carboxylic acid groups (broad SMARTS) is 1.